The van der Waals surface area contributed by atoms with Crippen molar-refractivity contribution < 1.29 is 5.11 Å². The van der Waals surface area contributed by atoms with E-state index in [1.165, 1.54) is 94.6 Å². The van der Waals surface area contributed by atoms with Crippen molar-refractivity contribution in [1.29, 1.82) is 0 Å². The van der Waals surface area contributed by atoms with Crippen LogP contribution in [0.2, 0.25) is 0 Å². The second-order valence-electron chi connectivity index (χ2n) is 10.2. The number of benzene rings is 2. The van der Waals surface area contributed by atoms with Gasteiger partial charge in [-0.15, -0.1) is 0 Å². The van der Waals surface area contributed by atoms with Crippen molar-refractivity contribution >= 4 is 0 Å². The second-order valence-corrected chi connectivity index (χ2v) is 10.2. The normalized spacial score (nSPS) is 12.8. The van der Waals surface area contributed by atoms with Crippen LogP contribution >= 0.6 is 0 Å². The summed E-state index contributed by atoms with van der Waals surface area (Å²) in [5.74, 6) is 1.01. The van der Waals surface area contributed by atoms with Gasteiger partial charge in [-0.2, -0.15) is 0 Å². The SMILES string of the molecule is CCCCCCCCCCCC(CCCC)c1ccccc1C(C)(C)c1ccccc1O. The molecule has 2 aromatic carbocycles. The summed E-state index contributed by atoms with van der Waals surface area (Å²) < 4.78 is 0. The van der Waals surface area contributed by atoms with Crippen LogP contribution in [0.3, 0.4) is 0 Å². The molecule has 0 saturated heterocycles. The molecular weight excluding hydrogens is 388 g/mol. The highest BCUT2D eigenvalue weighted by molar-refractivity contribution is 5.48. The van der Waals surface area contributed by atoms with E-state index >= 15 is 0 Å². The molecule has 0 heterocycles. The molecular formula is C31H48O. The molecule has 0 spiro atoms. The third kappa shape index (κ3) is 7.98. The first-order valence-corrected chi connectivity index (χ1v) is 13.4. The molecule has 1 nitrogen and oxygen atoms in total. The molecule has 0 radical (unpaired) electrons. The number of aromatic hydroxyl groups is 1. The van der Waals surface area contributed by atoms with Crippen molar-refractivity contribution in [2.24, 2.45) is 0 Å². The number of hydrogen-bond acceptors (Lipinski definition) is 1. The second kappa shape index (κ2) is 14.4. The van der Waals surface area contributed by atoms with Gasteiger partial charge in [-0.05, 0) is 36.0 Å². The lowest BCUT2D eigenvalue weighted by atomic mass is 9.72. The Balaban J connectivity index is 2.06. The molecule has 2 aromatic rings. The number of phenolic OH excluding ortho intramolecular Hbond substituents is 1. The highest BCUT2D eigenvalue weighted by atomic mass is 16.3. The zero-order valence-corrected chi connectivity index (χ0v) is 21.3. The number of rotatable bonds is 16. The van der Waals surface area contributed by atoms with Gasteiger partial charge >= 0.3 is 0 Å². The van der Waals surface area contributed by atoms with Gasteiger partial charge in [0.25, 0.3) is 0 Å². The molecule has 0 fully saturated rings. The monoisotopic (exact) mass is 436 g/mol. The third-order valence-electron chi connectivity index (χ3n) is 7.21. The minimum absolute atomic E-state index is 0.217. The minimum atomic E-state index is -0.217. The fourth-order valence-electron chi connectivity index (χ4n) is 5.18. The van der Waals surface area contributed by atoms with Crippen LogP contribution in [0.4, 0.5) is 0 Å². The van der Waals surface area contributed by atoms with Gasteiger partial charge in [-0.1, -0.05) is 141 Å². The van der Waals surface area contributed by atoms with E-state index in [1.54, 1.807) is 0 Å². The maximum absolute atomic E-state index is 10.6. The van der Waals surface area contributed by atoms with Crippen LogP contribution < -0.4 is 0 Å². The number of para-hydroxylation sites is 1. The van der Waals surface area contributed by atoms with Gasteiger partial charge in [0.05, 0.1) is 0 Å². The standard InChI is InChI=1S/C31H48O/c1-5-7-9-10-11-12-13-14-15-21-26(20-8-6-2)27-22-16-17-23-28(27)31(3,4)29-24-18-19-25-30(29)32/h16-19,22-26,32H,5-15,20-21H2,1-4H3. The average molecular weight is 437 g/mol. The first-order valence-electron chi connectivity index (χ1n) is 13.4. The Morgan fingerprint density at radius 1 is 0.625 bits per heavy atom. The number of hydrogen-bond donors (Lipinski definition) is 1. The van der Waals surface area contributed by atoms with Crippen LogP contribution in [0.1, 0.15) is 134 Å². The molecule has 0 saturated carbocycles. The zero-order chi connectivity index (χ0) is 23.2. The Morgan fingerprint density at radius 2 is 1.12 bits per heavy atom. The van der Waals surface area contributed by atoms with Crippen molar-refractivity contribution in [2.75, 3.05) is 0 Å². The van der Waals surface area contributed by atoms with Crippen LogP contribution in [0, 0.1) is 0 Å². The number of unbranched alkanes of at least 4 members (excludes halogenated alkanes) is 9. The lowest BCUT2D eigenvalue weighted by molar-refractivity contribution is 0.449. The first kappa shape index (κ1) is 26.5. The number of phenols is 1. The van der Waals surface area contributed by atoms with Crippen molar-refractivity contribution in [3.8, 4) is 5.75 Å². The van der Waals surface area contributed by atoms with Crippen LogP contribution in [-0.2, 0) is 5.41 Å². The lowest BCUT2D eigenvalue weighted by Crippen LogP contribution is -2.22. The largest absolute Gasteiger partial charge is 0.508 e. The first-order chi connectivity index (χ1) is 15.5. The highest BCUT2D eigenvalue weighted by Crippen LogP contribution is 2.42. The average Bonchev–Trinajstić information content (AvgIpc) is 2.80. The maximum atomic E-state index is 10.6. The van der Waals surface area contributed by atoms with E-state index in [1.807, 2.05) is 18.2 Å². The molecule has 0 aromatic heterocycles. The van der Waals surface area contributed by atoms with Crippen LogP contribution in [0.5, 0.6) is 5.75 Å². The quantitative estimate of drug-likeness (QED) is 0.259. The molecule has 1 unspecified atom stereocenters. The fraction of sp³-hybridized carbons (Fsp3) is 0.613. The third-order valence-corrected chi connectivity index (χ3v) is 7.21. The summed E-state index contributed by atoms with van der Waals surface area (Å²) in [6.07, 6.45) is 17.5. The van der Waals surface area contributed by atoms with Crippen molar-refractivity contribution in [1.82, 2.24) is 0 Å². The summed E-state index contributed by atoms with van der Waals surface area (Å²) in [7, 11) is 0. The van der Waals surface area contributed by atoms with E-state index in [9.17, 15) is 5.11 Å². The van der Waals surface area contributed by atoms with Crippen molar-refractivity contribution in [3.63, 3.8) is 0 Å². The summed E-state index contributed by atoms with van der Waals surface area (Å²) in [4.78, 5) is 0. The van der Waals surface area contributed by atoms with Crippen LogP contribution in [-0.4, -0.2) is 5.11 Å². The lowest BCUT2D eigenvalue weighted by Gasteiger charge is -2.32. The van der Waals surface area contributed by atoms with E-state index in [0.717, 1.165) is 5.56 Å². The molecule has 0 amide bonds. The van der Waals surface area contributed by atoms with E-state index in [0.29, 0.717) is 11.7 Å². The van der Waals surface area contributed by atoms with Gasteiger partial charge in [0.15, 0.2) is 0 Å². The molecule has 1 heteroatoms. The van der Waals surface area contributed by atoms with Crippen molar-refractivity contribution in [2.45, 2.75) is 122 Å². The molecule has 32 heavy (non-hydrogen) atoms. The Hall–Kier alpha value is -1.76. The topological polar surface area (TPSA) is 20.2 Å². The fourth-order valence-corrected chi connectivity index (χ4v) is 5.18. The molecule has 0 aliphatic carbocycles. The Bertz CT molecular complexity index is 761. The molecule has 0 aliphatic rings. The highest BCUT2D eigenvalue weighted by Gasteiger charge is 2.30. The Labute approximate surface area is 198 Å². The van der Waals surface area contributed by atoms with Crippen LogP contribution in [0.25, 0.3) is 0 Å². The summed E-state index contributed by atoms with van der Waals surface area (Å²) in [6, 6.07) is 16.8. The van der Waals surface area contributed by atoms with E-state index in [-0.39, 0.29) is 5.41 Å². The maximum Gasteiger partial charge on any atom is 0.119 e. The summed E-state index contributed by atoms with van der Waals surface area (Å²) in [5, 5.41) is 10.6. The van der Waals surface area contributed by atoms with Gasteiger partial charge < -0.3 is 5.11 Å². The van der Waals surface area contributed by atoms with E-state index in [2.05, 4.69) is 58.0 Å². The summed E-state index contributed by atoms with van der Waals surface area (Å²) in [5.41, 5.74) is 3.67. The smallest absolute Gasteiger partial charge is 0.119 e. The molecule has 0 aliphatic heterocycles. The van der Waals surface area contributed by atoms with Crippen LogP contribution in [0.15, 0.2) is 48.5 Å². The van der Waals surface area contributed by atoms with E-state index in [4.69, 9.17) is 0 Å². The Kier molecular flexibility index (Phi) is 11.9. The summed E-state index contributed by atoms with van der Waals surface area (Å²) in [6.45, 7) is 9.11. The predicted molar refractivity (Wildman–Crippen MR) is 141 cm³/mol. The van der Waals surface area contributed by atoms with E-state index < -0.39 is 0 Å². The molecule has 2 rings (SSSR count). The van der Waals surface area contributed by atoms with Gasteiger partial charge in [-0.25, -0.2) is 0 Å². The molecule has 178 valence electrons. The van der Waals surface area contributed by atoms with Gasteiger partial charge in [0, 0.05) is 11.0 Å². The zero-order valence-electron chi connectivity index (χ0n) is 21.3. The minimum Gasteiger partial charge on any atom is -0.508 e. The van der Waals surface area contributed by atoms with Gasteiger partial charge in [-0.3, -0.25) is 0 Å². The molecule has 1 atom stereocenters. The predicted octanol–water partition coefficient (Wildman–Crippen LogP) is 9.91. The van der Waals surface area contributed by atoms with Crippen molar-refractivity contribution in [3.05, 3.63) is 65.2 Å². The van der Waals surface area contributed by atoms with Gasteiger partial charge in [0.2, 0.25) is 0 Å². The molecule has 1 N–H and O–H groups in total. The molecule has 0 bridgehead atoms. The van der Waals surface area contributed by atoms with Gasteiger partial charge in [0.1, 0.15) is 5.75 Å². The summed E-state index contributed by atoms with van der Waals surface area (Å²) >= 11 is 0. The Morgan fingerprint density at radius 3 is 1.75 bits per heavy atom.